The maximum Gasteiger partial charge on any atom is 0.321 e. The fourth-order valence-electron chi connectivity index (χ4n) is 1.53. The Balaban J connectivity index is 2.63. The first-order valence-electron chi connectivity index (χ1n) is 3.92. The van der Waals surface area contributed by atoms with Gasteiger partial charge in [-0.25, -0.2) is 0 Å². The summed E-state index contributed by atoms with van der Waals surface area (Å²) in [6.45, 7) is 3.88. The molecule has 0 aromatic rings. The molecule has 0 aromatic carbocycles. The van der Waals surface area contributed by atoms with Gasteiger partial charge in [-0.15, -0.1) is 6.58 Å². The Labute approximate surface area is 70.9 Å². The van der Waals surface area contributed by atoms with Crippen LogP contribution in [-0.4, -0.2) is 34.9 Å². The monoisotopic (exact) mass is 171 g/mol. The Morgan fingerprint density at radius 3 is 2.92 bits per heavy atom. The Hall–Kier alpha value is -0.870. The number of aliphatic carboxylic acids is 1. The number of hydrogen-bond donors (Lipinski definition) is 3. The van der Waals surface area contributed by atoms with Gasteiger partial charge in [0.15, 0.2) is 0 Å². The highest BCUT2D eigenvalue weighted by molar-refractivity contribution is 5.74. The number of aliphatic hydroxyl groups excluding tert-OH is 1. The molecule has 68 valence electrons. The number of β-amino-alcohol motifs (C(OH)–C–C–N with tert-alkyl or cyclic N) is 1. The van der Waals surface area contributed by atoms with Crippen molar-refractivity contribution in [3.8, 4) is 0 Å². The van der Waals surface area contributed by atoms with E-state index in [0.29, 0.717) is 13.0 Å². The van der Waals surface area contributed by atoms with Crippen molar-refractivity contribution in [3.05, 3.63) is 12.7 Å². The number of allylic oxidation sites excluding steroid dienone is 1. The third-order valence-electron chi connectivity index (χ3n) is 2.17. The molecule has 3 atom stereocenters. The summed E-state index contributed by atoms with van der Waals surface area (Å²) < 4.78 is 0. The zero-order valence-electron chi connectivity index (χ0n) is 6.73. The number of carboxylic acids is 1. The van der Waals surface area contributed by atoms with E-state index in [1.807, 2.05) is 0 Å². The molecule has 2 unspecified atom stereocenters. The molecule has 12 heavy (non-hydrogen) atoms. The molecule has 0 aliphatic carbocycles. The van der Waals surface area contributed by atoms with Crippen molar-refractivity contribution in [1.82, 2.24) is 5.32 Å². The first kappa shape index (κ1) is 9.22. The predicted molar refractivity (Wildman–Crippen MR) is 43.7 cm³/mol. The zero-order chi connectivity index (χ0) is 9.14. The van der Waals surface area contributed by atoms with Crippen molar-refractivity contribution < 1.29 is 15.0 Å². The topological polar surface area (TPSA) is 69.6 Å². The van der Waals surface area contributed by atoms with E-state index in [1.165, 1.54) is 0 Å². The molecule has 1 aliphatic heterocycles. The Bertz CT molecular complexity index is 193. The van der Waals surface area contributed by atoms with Gasteiger partial charge in [0.1, 0.15) is 6.04 Å². The van der Waals surface area contributed by atoms with Gasteiger partial charge in [-0.05, 0) is 6.42 Å². The molecule has 0 radical (unpaired) electrons. The summed E-state index contributed by atoms with van der Waals surface area (Å²) in [5.74, 6) is -1.14. The van der Waals surface area contributed by atoms with Gasteiger partial charge < -0.3 is 15.5 Å². The number of aliphatic hydroxyl groups is 1. The van der Waals surface area contributed by atoms with Gasteiger partial charge in [0.2, 0.25) is 0 Å². The third kappa shape index (κ3) is 1.65. The van der Waals surface area contributed by atoms with Crippen LogP contribution in [0, 0.1) is 5.92 Å². The third-order valence-corrected chi connectivity index (χ3v) is 2.17. The largest absolute Gasteiger partial charge is 0.480 e. The van der Waals surface area contributed by atoms with Gasteiger partial charge >= 0.3 is 5.97 Å². The minimum Gasteiger partial charge on any atom is -0.480 e. The van der Waals surface area contributed by atoms with Gasteiger partial charge in [-0.3, -0.25) is 4.79 Å². The summed E-state index contributed by atoms with van der Waals surface area (Å²) >= 11 is 0. The van der Waals surface area contributed by atoms with Gasteiger partial charge in [0, 0.05) is 12.5 Å². The zero-order valence-corrected chi connectivity index (χ0v) is 6.73. The van der Waals surface area contributed by atoms with Crippen LogP contribution in [0.1, 0.15) is 6.42 Å². The molecule has 0 aromatic heterocycles. The second kappa shape index (κ2) is 3.69. The molecule has 1 saturated heterocycles. The highest BCUT2D eigenvalue weighted by Crippen LogP contribution is 2.20. The molecule has 1 fully saturated rings. The average Bonchev–Trinajstić information content (AvgIpc) is 2.34. The summed E-state index contributed by atoms with van der Waals surface area (Å²) in [7, 11) is 0. The van der Waals surface area contributed by atoms with E-state index in [-0.39, 0.29) is 5.92 Å². The molecule has 0 saturated carbocycles. The van der Waals surface area contributed by atoms with Gasteiger partial charge in [-0.1, -0.05) is 6.08 Å². The summed E-state index contributed by atoms with van der Waals surface area (Å²) in [4.78, 5) is 10.6. The lowest BCUT2D eigenvalue weighted by Crippen LogP contribution is -2.36. The summed E-state index contributed by atoms with van der Waals surface area (Å²) in [5.41, 5.74) is 0. The van der Waals surface area contributed by atoms with Crippen LogP contribution in [0.15, 0.2) is 12.7 Å². The second-order valence-electron chi connectivity index (χ2n) is 2.98. The fourth-order valence-corrected chi connectivity index (χ4v) is 1.53. The lowest BCUT2D eigenvalue weighted by molar-refractivity contribution is -0.140. The molecule has 4 heteroatoms. The van der Waals surface area contributed by atoms with E-state index in [2.05, 4.69) is 11.9 Å². The normalized spacial score (nSPS) is 34.9. The molecule has 1 rings (SSSR count). The van der Waals surface area contributed by atoms with Crippen LogP contribution in [0.5, 0.6) is 0 Å². The van der Waals surface area contributed by atoms with E-state index in [0.717, 1.165) is 0 Å². The van der Waals surface area contributed by atoms with Crippen LogP contribution >= 0.6 is 0 Å². The molecule has 0 spiro atoms. The van der Waals surface area contributed by atoms with E-state index in [4.69, 9.17) is 5.11 Å². The van der Waals surface area contributed by atoms with Crippen LogP contribution in [0.3, 0.4) is 0 Å². The number of carboxylic acid groups (broad SMARTS) is 1. The molecule has 1 heterocycles. The summed E-state index contributed by atoms with van der Waals surface area (Å²) in [6.07, 6.45) is 1.60. The van der Waals surface area contributed by atoms with E-state index in [9.17, 15) is 9.90 Å². The highest BCUT2D eigenvalue weighted by Gasteiger charge is 2.37. The minimum absolute atomic E-state index is 0.236. The maximum atomic E-state index is 10.6. The SMILES string of the molecule is C=CCC1C(O)CN[C@H]1C(=O)O. The standard InChI is InChI=1S/C8H13NO3/c1-2-3-5-6(10)4-9-7(5)8(11)12/h2,5-7,9-10H,1,3-4H2,(H,11,12)/t5?,6?,7-/m1/s1. The summed E-state index contributed by atoms with van der Waals surface area (Å²) in [6, 6.07) is -0.627. The molecule has 1 aliphatic rings. The fraction of sp³-hybridized carbons (Fsp3) is 0.625. The lowest BCUT2D eigenvalue weighted by Gasteiger charge is -2.15. The van der Waals surface area contributed by atoms with Crippen molar-refractivity contribution in [3.63, 3.8) is 0 Å². The van der Waals surface area contributed by atoms with Crippen molar-refractivity contribution in [2.75, 3.05) is 6.54 Å². The molecular formula is C8H13NO3. The van der Waals surface area contributed by atoms with Gasteiger partial charge in [0.05, 0.1) is 6.10 Å². The first-order chi connectivity index (χ1) is 5.66. The van der Waals surface area contributed by atoms with Crippen LogP contribution in [0.25, 0.3) is 0 Å². The van der Waals surface area contributed by atoms with Crippen molar-refractivity contribution in [2.45, 2.75) is 18.6 Å². The average molecular weight is 171 g/mol. The van der Waals surface area contributed by atoms with E-state index < -0.39 is 18.1 Å². The maximum absolute atomic E-state index is 10.6. The van der Waals surface area contributed by atoms with E-state index >= 15 is 0 Å². The Kier molecular flexibility index (Phi) is 2.83. The quantitative estimate of drug-likeness (QED) is 0.505. The predicted octanol–water partition coefficient (Wildman–Crippen LogP) is -0.404. The molecule has 0 amide bonds. The smallest absolute Gasteiger partial charge is 0.321 e. The van der Waals surface area contributed by atoms with Gasteiger partial charge in [-0.2, -0.15) is 0 Å². The van der Waals surface area contributed by atoms with Gasteiger partial charge in [0.25, 0.3) is 0 Å². The molecule has 4 nitrogen and oxygen atoms in total. The first-order valence-corrected chi connectivity index (χ1v) is 3.92. The molecule has 3 N–H and O–H groups in total. The van der Waals surface area contributed by atoms with Crippen LogP contribution in [-0.2, 0) is 4.79 Å². The second-order valence-corrected chi connectivity index (χ2v) is 2.98. The van der Waals surface area contributed by atoms with Crippen LogP contribution in [0.4, 0.5) is 0 Å². The van der Waals surface area contributed by atoms with E-state index in [1.54, 1.807) is 6.08 Å². The number of rotatable bonds is 3. The van der Waals surface area contributed by atoms with Crippen LogP contribution in [0.2, 0.25) is 0 Å². The van der Waals surface area contributed by atoms with Crippen LogP contribution < -0.4 is 5.32 Å². The van der Waals surface area contributed by atoms with Crippen molar-refractivity contribution >= 4 is 5.97 Å². The van der Waals surface area contributed by atoms with Crippen molar-refractivity contribution in [1.29, 1.82) is 0 Å². The molecular weight excluding hydrogens is 158 g/mol. The number of carbonyl (C=O) groups is 1. The Morgan fingerprint density at radius 2 is 2.42 bits per heavy atom. The molecule has 0 bridgehead atoms. The summed E-state index contributed by atoms with van der Waals surface area (Å²) in [5, 5.41) is 20.8. The number of nitrogens with one attached hydrogen (secondary N) is 1. The highest BCUT2D eigenvalue weighted by atomic mass is 16.4. The minimum atomic E-state index is -0.904. The number of hydrogen-bond acceptors (Lipinski definition) is 3. The lowest BCUT2D eigenvalue weighted by atomic mass is 9.95. The van der Waals surface area contributed by atoms with Crippen molar-refractivity contribution in [2.24, 2.45) is 5.92 Å². The Morgan fingerprint density at radius 1 is 1.75 bits per heavy atom.